The van der Waals surface area contributed by atoms with E-state index in [1.54, 1.807) is 0 Å². The van der Waals surface area contributed by atoms with Gasteiger partial charge in [0.05, 0.1) is 6.61 Å². The van der Waals surface area contributed by atoms with E-state index in [9.17, 15) is 9.59 Å². The number of rotatable bonds is 0. The summed E-state index contributed by atoms with van der Waals surface area (Å²) >= 11 is 0. The van der Waals surface area contributed by atoms with Crippen LogP contribution in [-0.4, -0.2) is 18.4 Å². The van der Waals surface area contributed by atoms with E-state index in [1.807, 2.05) is 0 Å². The van der Waals surface area contributed by atoms with Gasteiger partial charge in [-0.3, -0.25) is 4.79 Å². The van der Waals surface area contributed by atoms with Crippen molar-refractivity contribution >= 4 is 11.8 Å². The third-order valence-electron chi connectivity index (χ3n) is 3.51. The van der Waals surface area contributed by atoms with Crippen LogP contribution in [-0.2, 0) is 14.3 Å². The lowest BCUT2D eigenvalue weighted by Crippen LogP contribution is -2.17. The van der Waals surface area contributed by atoms with Crippen molar-refractivity contribution in [2.75, 3.05) is 6.61 Å². The van der Waals surface area contributed by atoms with Gasteiger partial charge in [-0.05, 0) is 12.8 Å². The minimum atomic E-state index is -0.623. The van der Waals surface area contributed by atoms with Gasteiger partial charge in [0.2, 0.25) is 5.78 Å². The second kappa shape index (κ2) is 10.1. The Bertz CT molecular complexity index is 222. The van der Waals surface area contributed by atoms with Crippen LogP contribution < -0.4 is 0 Å². The highest BCUT2D eigenvalue weighted by Crippen LogP contribution is 2.12. The van der Waals surface area contributed by atoms with Crippen LogP contribution in [0.5, 0.6) is 0 Å². The molecule has 1 aliphatic heterocycles. The summed E-state index contributed by atoms with van der Waals surface area (Å²) in [5, 5.41) is 0. The maximum Gasteiger partial charge on any atom is 0.374 e. The maximum atomic E-state index is 11.4. The number of esters is 1. The van der Waals surface area contributed by atoms with Gasteiger partial charge in [-0.1, -0.05) is 57.8 Å². The SMILES string of the molecule is O=C1CCCCCCCCCCCCCOC1=O. The van der Waals surface area contributed by atoms with E-state index in [0.29, 0.717) is 13.0 Å². The Morgan fingerprint density at radius 2 is 1.06 bits per heavy atom. The third kappa shape index (κ3) is 7.46. The fourth-order valence-corrected chi connectivity index (χ4v) is 2.33. The fraction of sp³-hybridized carbons (Fsp3) is 0.867. The molecular formula is C15H26O3. The molecule has 0 aromatic heterocycles. The predicted octanol–water partition coefficient (Wildman–Crippen LogP) is 3.79. The molecular weight excluding hydrogens is 228 g/mol. The number of Topliss-reactive ketones (excluding diaryl/α,β-unsaturated/α-hetero) is 1. The van der Waals surface area contributed by atoms with Crippen molar-refractivity contribution < 1.29 is 14.3 Å². The van der Waals surface area contributed by atoms with Crippen LogP contribution in [0.25, 0.3) is 0 Å². The smallest absolute Gasteiger partial charge is 0.374 e. The topological polar surface area (TPSA) is 43.4 Å². The molecule has 3 heteroatoms. The Morgan fingerprint density at radius 1 is 0.611 bits per heavy atom. The van der Waals surface area contributed by atoms with E-state index in [-0.39, 0.29) is 5.78 Å². The molecule has 0 aromatic rings. The zero-order chi connectivity index (χ0) is 13.1. The van der Waals surface area contributed by atoms with Crippen molar-refractivity contribution in [3.8, 4) is 0 Å². The average molecular weight is 254 g/mol. The van der Waals surface area contributed by atoms with Crippen LogP contribution in [0.3, 0.4) is 0 Å². The standard InChI is InChI=1S/C15H26O3/c16-14-12-10-8-6-4-2-1-3-5-7-9-11-13-18-15(14)17/h1-13H2. The predicted molar refractivity (Wildman–Crippen MR) is 71.4 cm³/mol. The number of carbonyl (C=O) groups excluding carboxylic acids is 2. The van der Waals surface area contributed by atoms with Gasteiger partial charge in [-0.25, -0.2) is 4.79 Å². The highest BCUT2D eigenvalue weighted by atomic mass is 16.5. The van der Waals surface area contributed by atoms with E-state index >= 15 is 0 Å². The molecule has 18 heavy (non-hydrogen) atoms. The monoisotopic (exact) mass is 254 g/mol. The lowest BCUT2D eigenvalue weighted by Gasteiger charge is -2.06. The summed E-state index contributed by atoms with van der Waals surface area (Å²) in [6, 6.07) is 0. The Morgan fingerprint density at radius 3 is 1.61 bits per heavy atom. The van der Waals surface area contributed by atoms with Gasteiger partial charge in [0.1, 0.15) is 0 Å². The van der Waals surface area contributed by atoms with Crippen molar-refractivity contribution in [3.63, 3.8) is 0 Å². The van der Waals surface area contributed by atoms with Gasteiger partial charge >= 0.3 is 5.97 Å². The number of ether oxygens (including phenoxy) is 1. The van der Waals surface area contributed by atoms with Gasteiger partial charge < -0.3 is 4.74 Å². The van der Waals surface area contributed by atoms with Gasteiger partial charge in [0.15, 0.2) is 0 Å². The zero-order valence-electron chi connectivity index (χ0n) is 11.4. The molecule has 1 aliphatic rings. The summed E-state index contributed by atoms with van der Waals surface area (Å²) in [5.74, 6) is -0.968. The number of hydrogen-bond donors (Lipinski definition) is 0. The molecule has 0 N–H and O–H groups in total. The molecule has 0 spiro atoms. The van der Waals surface area contributed by atoms with Crippen LogP contribution in [0, 0.1) is 0 Å². The highest BCUT2D eigenvalue weighted by Gasteiger charge is 2.14. The van der Waals surface area contributed by atoms with Crippen molar-refractivity contribution in [2.24, 2.45) is 0 Å². The first-order valence-electron chi connectivity index (χ1n) is 7.50. The van der Waals surface area contributed by atoms with E-state index in [1.165, 1.54) is 44.9 Å². The first kappa shape index (κ1) is 15.2. The van der Waals surface area contributed by atoms with E-state index in [2.05, 4.69) is 0 Å². The number of carbonyl (C=O) groups is 2. The van der Waals surface area contributed by atoms with E-state index in [4.69, 9.17) is 4.74 Å². The van der Waals surface area contributed by atoms with Gasteiger partial charge in [-0.15, -0.1) is 0 Å². The first-order chi connectivity index (χ1) is 8.80. The van der Waals surface area contributed by atoms with Crippen LogP contribution in [0.15, 0.2) is 0 Å². The Balaban J connectivity index is 2.24. The molecule has 1 fully saturated rings. The molecule has 1 heterocycles. The van der Waals surface area contributed by atoms with E-state index in [0.717, 1.165) is 25.7 Å². The molecule has 0 saturated carbocycles. The van der Waals surface area contributed by atoms with Crippen molar-refractivity contribution in [3.05, 3.63) is 0 Å². The van der Waals surface area contributed by atoms with Gasteiger partial charge in [-0.2, -0.15) is 0 Å². The number of hydrogen-bond acceptors (Lipinski definition) is 3. The van der Waals surface area contributed by atoms with Crippen molar-refractivity contribution in [1.29, 1.82) is 0 Å². The molecule has 0 amide bonds. The molecule has 0 bridgehead atoms. The highest BCUT2D eigenvalue weighted by molar-refractivity contribution is 6.33. The summed E-state index contributed by atoms with van der Waals surface area (Å²) in [7, 11) is 0. The molecule has 104 valence electrons. The first-order valence-corrected chi connectivity index (χ1v) is 7.50. The van der Waals surface area contributed by atoms with Gasteiger partial charge in [0, 0.05) is 6.42 Å². The van der Waals surface area contributed by atoms with Crippen molar-refractivity contribution in [2.45, 2.75) is 77.0 Å². The average Bonchev–Trinajstić information content (AvgIpc) is 2.37. The van der Waals surface area contributed by atoms with Crippen LogP contribution >= 0.6 is 0 Å². The Hall–Kier alpha value is -0.860. The zero-order valence-corrected chi connectivity index (χ0v) is 11.4. The van der Waals surface area contributed by atoms with Crippen LogP contribution in [0.1, 0.15) is 77.0 Å². The second-order valence-electron chi connectivity index (χ2n) is 5.20. The largest absolute Gasteiger partial charge is 0.460 e. The molecule has 1 rings (SSSR count). The molecule has 0 aromatic carbocycles. The number of ketones is 1. The Labute approximate surface area is 110 Å². The Kier molecular flexibility index (Phi) is 8.53. The minimum Gasteiger partial charge on any atom is -0.460 e. The quantitative estimate of drug-likeness (QED) is 0.488. The summed E-state index contributed by atoms with van der Waals surface area (Å²) in [4.78, 5) is 22.8. The second-order valence-corrected chi connectivity index (χ2v) is 5.20. The summed E-state index contributed by atoms with van der Waals surface area (Å²) in [5.41, 5.74) is 0. The lowest BCUT2D eigenvalue weighted by atomic mass is 10.0. The summed E-state index contributed by atoms with van der Waals surface area (Å²) in [6.07, 6.45) is 13.2. The molecule has 1 saturated heterocycles. The molecule has 0 unspecified atom stereocenters. The minimum absolute atomic E-state index is 0.345. The molecule has 3 nitrogen and oxygen atoms in total. The number of cyclic esters (lactones) is 1. The van der Waals surface area contributed by atoms with Crippen molar-refractivity contribution in [1.82, 2.24) is 0 Å². The fourth-order valence-electron chi connectivity index (χ4n) is 2.33. The van der Waals surface area contributed by atoms with Crippen LogP contribution in [0.2, 0.25) is 0 Å². The molecule has 0 radical (unpaired) electrons. The van der Waals surface area contributed by atoms with Crippen LogP contribution in [0.4, 0.5) is 0 Å². The lowest BCUT2D eigenvalue weighted by molar-refractivity contribution is -0.154. The normalized spacial score (nSPS) is 22.4. The summed E-state index contributed by atoms with van der Waals surface area (Å²) < 4.78 is 4.97. The van der Waals surface area contributed by atoms with Gasteiger partial charge in [0.25, 0.3) is 0 Å². The molecule has 0 aliphatic carbocycles. The maximum absolute atomic E-state index is 11.4. The third-order valence-corrected chi connectivity index (χ3v) is 3.51. The summed E-state index contributed by atoms with van der Waals surface area (Å²) in [6.45, 7) is 0.407. The van der Waals surface area contributed by atoms with E-state index < -0.39 is 5.97 Å². The molecule has 0 atom stereocenters.